The first kappa shape index (κ1) is 6.67. The number of aromatic nitrogens is 2. The lowest BCUT2D eigenvalue weighted by Crippen LogP contribution is -2.08. The van der Waals surface area contributed by atoms with Crippen molar-refractivity contribution < 1.29 is 9.84 Å². The van der Waals surface area contributed by atoms with E-state index in [1.54, 1.807) is 10.9 Å². The van der Waals surface area contributed by atoms with E-state index >= 15 is 0 Å². The third kappa shape index (κ3) is 1.21. The van der Waals surface area contributed by atoms with Crippen molar-refractivity contribution in [2.45, 2.75) is 12.5 Å². The topological polar surface area (TPSA) is 47.3 Å². The Balaban J connectivity index is 2.15. The molecule has 1 aliphatic heterocycles. The van der Waals surface area contributed by atoms with E-state index in [1.165, 1.54) is 6.20 Å². The number of aromatic hydroxyl groups is 1. The monoisotopic (exact) mass is 154 g/mol. The molecule has 2 rings (SSSR count). The van der Waals surface area contributed by atoms with E-state index in [9.17, 15) is 0 Å². The minimum absolute atomic E-state index is 0.219. The Morgan fingerprint density at radius 1 is 1.73 bits per heavy atom. The van der Waals surface area contributed by atoms with Crippen LogP contribution < -0.4 is 0 Å². The van der Waals surface area contributed by atoms with Gasteiger partial charge in [0, 0.05) is 6.61 Å². The molecule has 0 amide bonds. The van der Waals surface area contributed by atoms with Gasteiger partial charge in [-0.3, -0.25) is 4.68 Å². The van der Waals surface area contributed by atoms with E-state index in [0.29, 0.717) is 12.6 Å². The third-order valence-corrected chi connectivity index (χ3v) is 1.87. The maximum absolute atomic E-state index is 8.99. The molecule has 1 aliphatic rings. The van der Waals surface area contributed by atoms with Crippen molar-refractivity contribution in [3.63, 3.8) is 0 Å². The molecule has 4 heteroatoms. The molecule has 1 unspecified atom stereocenters. The van der Waals surface area contributed by atoms with Gasteiger partial charge < -0.3 is 9.84 Å². The van der Waals surface area contributed by atoms with Gasteiger partial charge in [0.15, 0.2) is 5.75 Å². The summed E-state index contributed by atoms with van der Waals surface area (Å²) in [6.07, 6.45) is 4.05. The first-order chi connectivity index (χ1) is 5.36. The molecular formula is C7H10N2O2. The van der Waals surface area contributed by atoms with Crippen LogP contribution in [-0.2, 0) is 4.74 Å². The molecule has 0 aromatic carbocycles. The van der Waals surface area contributed by atoms with Crippen molar-refractivity contribution in [2.75, 3.05) is 13.2 Å². The van der Waals surface area contributed by atoms with Gasteiger partial charge in [-0.2, -0.15) is 5.10 Å². The molecule has 11 heavy (non-hydrogen) atoms. The molecule has 1 aromatic heterocycles. The number of hydrogen-bond donors (Lipinski definition) is 1. The van der Waals surface area contributed by atoms with Gasteiger partial charge in [0.2, 0.25) is 0 Å². The first-order valence-electron chi connectivity index (χ1n) is 3.67. The van der Waals surface area contributed by atoms with Crippen molar-refractivity contribution in [2.24, 2.45) is 0 Å². The largest absolute Gasteiger partial charge is 0.505 e. The minimum Gasteiger partial charge on any atom is -0.505 e. The molecule has 0 aliphatic carbocycles. The maximum atomic E-state index is 8.99. The van der Waals surface area contributed by atoms with Crippen LogP contribution in [0.15, 0.2) is 12.4 Å². The molecule has 2 heterocycles. The second-order valence-corrected chi connectivity index (χ2v) is 2.70. The summed E-state index contributed by atoms with van der Waals surface area (Å²) in [5.74, 6) is 0.219. The highest BCUT2D eigenvalue weighted by Gasteiger charge is 2.17. The Morgan fingerprint density at radius 2 is 2.64 bits per heavy atom. The summed E-state index contributed by atoms with van der Waals surface area (Å²) < 4.78 is 6.93. The standard InChI is InChI=1S/C7H10N2O2/c10-7-3-8-9(4-7)6-1-2-11-5-6/h3-4,6,10H,1-2,5H2. The Labute approximate surface area is 64.4 Å². The van der Waals surface area contributed by atoms with Crippen molar-refractivity contribution in [1.29, 1.82) is 0 Å². The van der Waals surface area contributed by atoms with Crippen LogP contribution in [0.4, 0.5) is 0 Å². The van der Waals surface area contributed by atoms with Crippen molar-refractivity contribution >= 4 is 0 Å². The van der Waals surface area contributed by atoms with E-state index in [-0.39, 0.29) is 5.75 Å². The fourth-order valence-electron chi connectivity index (χ4n) is 1.26. The van der Waals surface area contributed by atoms with Crippen molar-refractivity contribution in [1.82, 2.24) is 9.78 Å². The fourth-order valence-corrected chi connectivity index (χ4v) is 1.26. The van der Waals surface area contributed by atoms with Crippen LogP contribution >= 0.6 is 0 Å². The molecular weight excluding hydrogens is 144 g/mol. The van der Waals surface area contributed by atoms with Gasteiger partial charge in [-0.15, -0.1) is 0 Å². The summed E-state index contributed by atoms with van der Waals surface area (Å²) in [6, 6.07) is 0.316. The quantitative estimate of drug-likeness (QED) is 0.642. The SMILES string of the molecule is Oc1cnn(C2CCOC2)c1. The van der Waals surface area contributed by atoms with E-state index in [4.69, 9.17) is 9.84 Å². The van der Waals surface area contributed by atoms with Crippen LogP contribution in [0.1, 0.15) is 12.5 Å². The zero-order chi connectivity index (χ0) is 7.68. The fraction of sp³-hybridized carbons (Fsp3) is 0.571. The van der Waals surface area contributed by atoms with E-state index < -0.39 is 0 Å². The minimum atomic E-state index is 0.219. The van der Waals surface area contributed by atoms with Gasteiger partial charge in [-0.1, -0.05) is 0 Å². The first-order valence-corrected chi connectivity index (χ1v) is 3.67. The summed E-state index contributed by atoms with van der Waals surface area (Å²) in [7, 11) is 0. The van der Waals surface area contributed by atoms with Crippen molar-refractivity contribution in [3.05, 3.63) is 12.4 Å². The lowest BCUT2D eigenvalue weighted by molar-refractivity contribution is 0.184. The van der Waals surface area contributed by atoms with Crippen LogP contribution in [0.3, 0.4) is 0 Å². The van der Waals surface area contributed by atoms with Crippen LogP contribution in [-0.4, -0.2) is 28.1 Å². The zero-order valence-corrected chi connectivity index (χ0v) is 6.10. The Morgan fingerprint density at radius 3 is 3.18 bits per heavy atom. The predicted octanol–water partition coefficient (Wildman–Crippen LogP) is 0.550. The molecule has 0 spiro atoms. The van der Waals surface area contributed by atoms with Crippen LogP contribution in [0.25, 0.3) is 0 Å². The summed E-state index contributed by atoms with van der Waals surface area (Å²) >= 11 is 0. The summed E-state index contributed by atoms with van der Waals surface area (Å²) in [4.78, 5) is 0. The van der Waals surface area contributed by atoms with Crippen molar-refractivity contribution in [3.8, 4) is 5.75 Å². The molecule has 0 saturated carbocycles. The van der Waals surface area contributed by atoms with E-state index in [2.05, 4.69) is 5.10 Å². The van der Waals surface area contributed by atoms with E-state index in [0.717, 1.165) is 13.0 Å². The molecule has 0 radical (unpaired) electrons. The van der Waals surface area contributed by atoms with Gasteiger partial charge in [0.05, 0.1) is 25.0 Å². The van der Waals surface area contributed by atoms with Gasteiger partial charge in [-0.05, 0) is 6.42 Å². The Hall–Kier alpha value is -1.03. The molecule has 60 valence electrons. The number of nitrogens with zero attached hydrogens (tertiary/aromatic N) is 2. The molecule has 0 bridgehead atoms. The number of ether oxygens (including phenoxy) is 1. The average Bonchev–Trinajstić information content (AvgIpc) is 2.55. The van der Waals surface area contributed by atoms with Crippen LogP contribution in [0, 0.1) is 0 Å². The zero-order valence-electron chi connectivity index (χ0n) is 6.10. The third-order valence-electron chi connectivity index (χ3n) is 1.87. The lowest BCUT2D eigenvalue weighted by Gasteiger charge is -2.05. The molecule has 1 saturated heterocycles. The molecule has 1 fully saturated rings. The molecule has 1 atom stereocenters. The lowest BCUT2D eigenvalue weighted by atomic mass is 10.3. The number of hydrogen-bond acceptors (Lipinski definition) is 3. The van der Waals surface area contributed by atoms with Gasteiger partial charge in [0.1, 0.15) is 0 Å². The van der Waals surface area contributed by atoms with Crippen LogP contribution in [0.5, 0.6) is 5.75 Å². The average molecular weight is 154 g/mol. The second-order valence-electron chi connectivity index (χ2n) is 2.70. The summed E-state index contributed by atoms with van der Waals surface area (Å²) in [5, 5.41) is 13.0. The summed E-state index contributed by atoms with van der Waals surface area (Å²) in [5.41, 5.74) is 0. The second kappa shape index (κ2) is 2.54. The van der Waals surface area contributed by atoms with Gasteiger partial charge >= 0.3 is 0 Å². The molecule has 4 nitrogen and oxygen atoms in total. The van der Waals surface area contributed by atoms with Crippen LogP contribution in [0.2, 0.25) is 0 Å². The molecule has 1 N–H and O–H groups in total. The van der Waals surface area contributed by atoms with Gasteiger partial charge in [0.25, 0.3) is 0 Å². The Kier molecular flexibility index (Phi) is 1.54. The summed E-state index contributed by atoms with van der Waals surface area (Å²) in [6.45, 7) is 1.51. The highest BCUT2D eigenvalue weighted by atomic mass is 16.5. The van der Waals surface area contributed by atoms with Gasteiger partial charge in [-0.25, -0.2) is 0 Å². The Bertz CT molecular complexity index is 240. The highest BCUT2D eigenvalue weighted by Crippen LogP contribution is 2.19. The molecule has 1 aromatic rings. The predicted molar refractivity (Wildman–Crippen MR) is 38.4 cm³/mol. The normalized spacial score (nSPS) is 24.2. The smallest absolute Gasteiger partial charge is 0.153 e. The number of rotatable bonds is 1. The highest BCUT2D eigenvalue weighted by molar-refractivity contribution is 5.09. The van der Waals surface area contributed by atoms with E-state index in [1.807, 2.05) is 0 Å². The maximum Gasteiger partial charge on any atom is 0.153 e.